The molecule has 0 bridgehead atoms. The zero-order valence-corrected chi connectivity index (χ0v) is 18.0. The minimum atomic E-state index is -4.78. The van der Waals surface area contributed by atoms with Gasteiger partial charge in [0.2, 0.25) is 0 Å². The third kappa shape index (κ3) is 4.57. The van der Waals surface area contributed by atoms with Crippen molar-refractivity contribution in [2.24, 2.45) is 0 Å². The Morgan fingerprint density at radius 2 is 1.47 bits per heavy atom. The van der Waals surface area contributed by atoms with E-state index in [1.165, 1.54) is 37.3 Å². The number of unbranched alkanes of at least 4 members (excludes halogenated alkanes) is 4. The van der Waals surface area contributed by atoms with E-state index in [-0.39, 0.29) is 11.1 Å². The second kappa shape index (κ2) is 9.05. The van der Waals surface area contributed by atoms with Crippen LogP contribution in [-0.4, -0.2) is 0 Å². The van der Waals surface area contributed by atoms with E-state index in [0.717, 1.165) is 47.2 Å². The Morgan fingerprint density at radius 3 is 2.19 bits per heavy atom. The first-order valence-corrected chi connectivity index (χ1v) is 11.1. The van der Waals surface area contributed by atoms with Crippen molar-refractivity contribution in [1.29, 1.82) is 0 Å². The summed E-state index contributed by atoms with van der Waals surface area (Å²) in [6, 6.07) is 11.9. The van der Waals surface area contributed by atoms with Crippen molar-refractivity contribution in [2.75, 3.05) is 0 Å². The van der Waals surface area contributed by atoms with Crippen molar-refractivity contribution in [3.63, 3.8) is 0 Å². The maximum atomic E-state index is 14.9. The number of halogens is 5. The van der Waals surface area contributed by atoms with Crippen LogP contribution >= 0.6 is 0 Å². The lowest BCUT2D eigenvalue weighted by Crippen LogP contribution is -2.08. The lowest BCUT2D eigenvalue weighted by molar-refractivity contribution is -0.139. The molecule has 1 aliphatic rings. The molecule has 0 spiro atoms. The SMILES string of the molecule is CCCCCCCc1ccc2c(c1)Cc1cc(-c3ccc(C(F)(F)F)c(F)c3)c(F)cc1-2. The van der Waals surface area contributed by atoms with Crippen LogP contribution in [0, 0.1) is 11.6 Å². The third-order valence-electron chi connectivity index (χ3n) is 6.19. The fourth-order valence-corrected chi connectivity index (χ4v) is 4.50. The third-order valence-corrected chi connectivity index (χ3v) is 6.19. The molecule has 0 heterocycles. The molecule has 0 amide bonds. The summed E-state index contributed by atoms with van der Waals surface area (Å²) in [5.74, 6) is -1.97. The number of hydrogen-bond donors (Lipinski definition) is 0. The monoisotopic (exact) mass is 444 g/mol. The van der Waals surface area contributed by atoms with Gasteiger partial charge in [0.15, 0.2) is 0 Å². The summed E-state index contributed by atoms with van der Waals surface area (Å²) in [4.78, 5) is 0. The molecule has 0 saturated carbocycles. The van der Waals surface area contributed by atoms with Gasteiger partial charge in [-0.3, -0.25) is 0 Å². The average molecular weight is 444 g/mol. The van der Waals surface area contributed by atoms with E-state index in [0.29, 0.717) is 12.5 Å². The largest absolute Gasteiger partial charge is 0.419 e. The minimum Gasteiger partial charge on any atom is -0.206 e. The summed E-state index contributed by atoms with van der Waals surface area (Å²) in [5.41, 5.74) is 3.93. The second-order valence-electron chi connectivity index (χ2n) is 8.51. The fourth-order valence-electron chi connectivity index (χ4n) is 4.50. The molecule has 0 saturated heterocycles. The Balaban J connectivity index is 1.57. The Morgan fingerprint density at radius 1 is 0.719 bits per heavy atom. The van der Waals surface area contributed by atoms with Crippen molar-refractivity contribution in [2.45, 2.75) is 58.0 Å². The first-order chi connectivity index (χ1) is 15.3. The molecule has 3 aromatic carbocycles. The molecule has 3 aromatic rings. The number of alkyl halides is 3. The molecule has 0 radical (unpaired) electrons. The molecular formula is C27H25F5. The van der Waals surface area contributed by atoms with Crippen LogP contribution in [0.25, 0.3) is 22.3 Å². The van der Waals surface area contributed by atoms with Gasteiger partial charge < -0.3 is 0 Å². The van der Waals surface area contributed by atoms with Crippen molar-refractivity contribution >= 4 is 0 Å². The van der Waals surface area contributed by atoms with E-state index >= 15 is 0 Å². The van der Waals surface area contributed by atoms with Gasteiger partial charge in [-0.25, -0.2) is 8.78 Å². The highest BCUT2D eigenvalue weighted by molar-refractivity contribution is 5.81. The lowest BCUT2D eigenvalue weighted by Gasteiger charge is -2.11. The molecule has 0 atom stereocenters. The van der Waals surface area contributed by atoms with Crippen LogP contribution in [-0.2, 0) is 19.0 Å². The molecule has 1 aliphatic carbocycles. The normalized spacial score (nSPS) is 12.7. The number of benzene rings is 3. The maximum Gasteiger partial charge on any atom is 0.419 e. The summed E-state index contributed by atoms with van der Waals surface area (Å²) >= 11 is 0. The average Bonchev–Trinajstić information content (AvgIpc) is 3.08. The van der Waals surface area contributed by atoms with Gasteiger partial charge in [-0.2, -0.15) is 13.2 Å². The smallest absolute Gasteiger partial charge is 0.206 e. The van der Waals surface area contributed by atoms with Crippen LogP contribution in [0.3, 0.4) is 0 Å². The number of fused-ring (bicyclic) bond motifs is 3. The molecule has 0 aliphatic heterocycles. The van der Waals surface area contributed by atoms with Gasteiger partial charge in [0.05, 0.1) is 5.56 Å². The highest BCUT2D eigenvalue weighted by Crippen LogP contribution is 2.41. The van der Waals surface area contributed by atoms with Gasteiger partial charge in [0, 0.05) is 5.56 Å². The van der Waals surface area contributed by atoms with E-state index in [2.05, 4.69) is 19.1 Å². The highest BCUT2D eigenvalue weighted by Gasteiger charge is 2.34. The van der Waals surface area contributed by atoms with E-state index in [1.54, 1.807) is 6.07 Å². The van der Waals surface area contributed by atoms with Crippen LogP contribution < -0.4 is 0 Å². The van der Waals surface area contributed by atoms with Gasteiger partial charge in [-0.15, -0.1) is 0 Å². The summed E-state index contributed by atoms with van der Waals surface area (Å²) < 4.78 is 67.5. The van der Waals surface area contributed by atoms with E-state index < -0.39 is 23.4 Å². The molecule has 0 aromatic heterocycles. The molecule has 0 N–H and O–H groups in total. The fraction of sp³-hybridized carbons (Fsp3) is 0.333. The van der Waals surface area contributed by atoms with Crippen molar-refractivity contribution in [1.82, 2.24) is 0 Å². The van der Waals surface area contributed by atoms with Crippen molar-refractivity contribution < 1.29 is 22.0 Å². The van der Waals surface area contributed by atoms with Gasteiger partial charge in [-0.05, 0) is 76.9 Å². The molecule has 4 rings (SSSR count). The lowest BCUT2D eigenvalue weighted by atomic mass is 9.97. The van der Waals surface area contributed by atoms with Crippen molar-refractivity contribution in [3.8, 4) is 22.3 Å². The quantitative estimate of drug-likeness (QED) is 0.197. The zero-order valence-electron chi connectivity index (χ0n) is 18.0. The van der Waals surface area contributed by atoms with Gasteiger partial charge in [0.1, 0.15) is 11.6 Å². The molecular weight excluding hydrogens is 419 g/mol. The Bertz CT molecular complexity index is 1130. The summed E-state index contributed by atoms with van der Waals surface area (Å²) in [7, 11) is 0. The van der Waals surface area contributed by atoms with Gasteiger partial charge in [0.25, 0.3) is 0 Å². The molecule has 0 fully saturated rings. The van der Waals surface area contributed by atoms with Crippen LogP contribution in [0.4, 0.5) is 22.0 Å². The van der Waals surface area contributed by atoms with Crippen molar-refractivity contribution in [3.05, 3.63) is 82.4 Å². The summed E-state index contributed by atoms with van der Waals surface area (Å²) in [5, 5.41) is 0. The molecule has 168 valence electrons. The predicted molar refractivity (Wildman–Crippen MR) is 118 cm³/mol. The topological polar surface area (TPSA) is 0 Å². The Hall–Kier alpha value is -2.69. The first kappa shape index (κ1) is 22.5. The molecule has 0 unspecified atom stereocenters. The van der Waals surface area contributed by atoms with Crippen LogP contribution in [0.5, 0.6) is 0 Å². The molecule has 0 nitrogen and oxygen atoms in total. The number of aryl methyl sites for hydroxylation is 1. The van der Waals surface area contributed by atoms with E-state index in [1.807, 2.05) is 6.07 Å². The Labute approximate surface area is 185 Å². The second-order valence-corrected chi connectivity index (χ2v) is 8.51. The minimum absolute atomic E-state index is 0.0968. The Kier molecular flexibility index (Phi) is 6.36. The first-order valence-electron chi connectivity index (χ1n) is 11.1. The van der Waals surface area contributed by atoms with Gasteiger partial charge >= 0.3 is 6.18 Å². The van der Waals surface area contributed by atoms with Crippen LogP contribution in [0.15, 0.2) is 48.5 Å². The van der Waals surface area contributed by atoms with Crippen LogP contribution in [0.2, 0.25) is 0 Å². The predicted octanol–water partition coefficient (Wildman–Crippen LogP) is 8.73. The zero-order chi connectivity index (χ0) is 22.9. The standard InChI is InChI=1S/C27H25F5/c1-2-3-4-5-6-7-17-8-10-21-19(12-17)13-20-14-23(25(28)16-22(20)21)18-9-11-24(26(29)15-18)27(30,31)32/h8-12,14-16H,2-7,13H2,1H3. The summed E-state index contributed by atoms with van der Waals surface area (Å²) in [6.07, 6.45) is 2.94. The summed E-state index contributed by atoms with van der Waals surface area (Å²) in [6.45, 7) is 2.19. The number of hydrogen-bond acceptors (Lipinski definition) is 0. The highest BCUT2D eigenvalue weighted by atomic mass is 19.4. The van der Waals surface area contributed by atoms with Gasteiger partial charge in [-0.1, -0.05) is 56.9 Å². The molecule has 5 heteroatoms. The van der Waals surface area contributed by atoms with E-state index in [9.17, 15) is 22.0 Å². The van der Waals surface area contributed by atoms with Crippen LogP contribution in [0.1, 0.15) is 61.3 Å². The number of rotatable bonds is 7. The maximum absolute atomic E-state index is 14.9. The van der Waals surface area contributed by atoms with E-state index in [4.69, 9.17) is 0 Å². The molecule has 32 heavy (non-hydrogen) atoms.